The molecule has 2 aromatic heterocycles. The smallest absolute Gasteiger partial charge is 0.264 e. The Morgan fingerprint density at radius 3 is 2.69 bits per heavy atom. The Balaban J connectivity index is 1.89. The van der Waals surface area contributed by atoms with Crippen LogP contribution in [0.5, 0.6) is 0 Å². The van der Waals surface area contributed by atoms with E-state index in [9.17, 15) is 18.4 Å². The minimum absolute atomic E-state index is 0.0150. The fourth-order valence-corrected chi connectivity index (χ4v) is 3.22. The van der Waals surface area contributed by atoms with Crippen LogP contribution in [0.25, 0.3) is 5.82 Å². The van der Waals surface area contributed by atoms with Gasteiger partial charge in [-0.25, -0.2) is 13.9 Å². The van der Waals surface area contributed by atoms with Crippen LogP contribution < -0.4 is 10.9 Å². The molecule has 9 heteroatoms. The zero-order valence-electron chi connectivity index (χ0n) is 13.6. The van der Waals surface area contributed by atoms with Gasteiger partial charge in [0, 0.05) is 30.0 Å². The number of rotatable bonds is 2. The number of nitrogens with zero attached hydrogens (tertiary/aromatic N) is 3. The zero-order chi connectivity index (χ0) is 18.4. The topological polar surface area (TPSA) is 92.7 Å². The van der Waals surface area contributed by atoms with Gasteiger partial charge >= 0.3 is 0 Å². The number of aromatic amines is 1. The fraction of sp³-hybridized carbons (Fsp3) is 0.176. The number of carbonyl (C=O) groups excluding carboxylic acids is 1. The monoisotopic (exact) mass is 357 g/mol. The third-order valence-electron chi connectivity index (χ3n) is 4.32. The second kappa shape index (κ2) is 5.87. The van der Waals surface area contributed by atoms with Crippen LogP contribution in [-0.4, -0.2) is 25.9 Å². The summed E-state index contributed by atoms with van der Waals surface area (Å²) >= 11 is 0. The van der Waals surface area contributed by atoms with Gasteiger partial charge in [0.05, 0.1) is 5.69 Å². The van der Waals surface area contributed by atoms with E-state index >= 15 is 0 Å². The number of nitrogens with one attached hydrogen (secondary N) is 2. The summed E-state index contributed by atoms with van der Waals surface area (Å²) in [5.41, 5.74) is 1.05. The highest BCUT2D eigenvalue weighted by Crippen LogP contribution is 2.40. The minimum Gasteiger partial charge on any atom is -0.310 e. The van der Waals surface area contributed by atoms with E-state index in [4.69, 9.17) is 0 Å². The maximum atomic E-state index is 14.3. The first-order chi connectivity index (χ1) is 12.4. The molecule has 1 atom stereocenters. The second-order valence-electron chi connectivity index (χ2n) is 6.01. The van der Waals surface area contributed by atoms with Crippen molar-refractivity contribution in [3.8, 4) is 5.82 Å². The van der Waals surface area contributed by atoms with Crippen LogP contribution >= 0.6 is 0 Å². The van der Waals surface area contributed by atoms with Crippen LogP contribution in [0.2, 0.25) is 0 Å². The van der Waals surface area contributed by atoms with Gasteiger partial charge in [0.15, 0.2) is 5.82 Å². The van der Waals surface area contributed by atoms with E-state index in [0.717, 1.165) is 12.1 Å². The summed E-state index contributed by atoms with van der Waals surface area (Å²) < 4.78 is 28.9. The van der Waals surface area contributed by atoms with Gasteiger partial charge in [-0.15, -0.1) is 0 Å². The molecule has 1 amide bonds. The number of halogens is 2. The van der Waals surface area contributed by atoms with Gasteiger partial charge in [0.2, 0.25) is 5.91 Å². The summed E-state index contributed by atoms with van der Waals surface area (Å²) in [4.78, 5) is 23.4. The Hall–Kier alpha value is -3.36. The molecule has 0 bridgehead atoms. The Kier molecular flexibility index (Phi) is 3.64. The normalized spacial score (nSPS) is 16.3. The number of anilines is 1. The maximum absolute atomic E-state index is 14.3. The molecule has 2 N–H and O–H groups in total. The van der Waals surface area contributed by atoms with Gasteiger partial charge in [-0.1, -0.05) is 6.07 Å². The van der Waals surface area contributed by atoms with Crippen molar-refractivity contribution < 1.29 is 13.6 Å². The van der Waals surface area contributed by atoms with E-state index in [1.807, 2.05) is 0 Å². The lowest BCUT2D eigenvalue weighted by Gasteiger charge is -2.24. The van der Waals surface area contributed by atoms with Crippen molar-refractivity contribution in [2.75, 3.05) is 5.32 Å². The largest absolute Gasteiger partial charge is 0.310 e. The average Bonchev–Trinajstić information content (AvgIpc) is 2.91. The molecule has 0 fully saturated rings. The summed E-state index contributed by atoms with van der Waals surface area (Å²) in [5.74, 6) is -1.67. The molecule has 132 valence electrons. The van der Waals surface area contributed by atoms with Crippen LogP contribution in [0.1, 0.15) is 29.2 Å². The molecule has 1 aliphatic rings. The number of fused-ring (bicyclic) bond motifs is 1. The van der Waals surface area contributed by atoms with Gasteiger partial charge in [-0.2, -0.15) is 14.9 Å². The zero-order valence-corrected chi connectivity index (χ0v) is 13.6. The summed E-state index contributed by atoms with van der Waals surface area (Å²) in [6, 6.07) is 6.04. The van der Waals surface area contributed by atoms with E-state index < -0.39 is 17.6 Å². The molecule has 26 heavy (non-hydrogen) atoms. The first kappa shape index (κ1) is 16.1. The lowest BCUT2D eigenvalue weighted by atomic mass is 9.85. The SMILES string of the molecule is Cc1nn(-c2ccc(=O)[nH]n2)c2c1[C@H](c1ccc(F)cc1F)CC(=O)N2. The third-order valence-corrected chi connectivity index (χ3v) is 4.32. The van der Waals surface area contributed by atoms with Crippen LogP contribution in [0, 0.1) is 18.6 Å². The van der Waals surface area contributed by atoms with Crippen molar-refractivity contribution in [2.45, 2.75) is 19.3 Å². The summed E-state index contributed by atoms with van der Waals surface area (Å²) in [6.07, 6.45) is 0.0150. The van der Waals surface area contributed by atoms with E-state index in [1.165, 1.54) is 22.9 Å². The third kappa shape index (κ3) is 2.57. The van der Waals surface area contributed by atoms with E-state index in [1.54, 1.807) is 6.92 Å². The molecule has 1 aliphatic heterocycles. The second-order valence-corrected chi connectivity index (χ2v) is 6.01. The lowest BCUT2D eigenvalue weighted by Crippen LogP contribution is -2.25. The number of benzene rings is 1. The number of hydrogen-bond acceptors (Lipinski definition) is 4. The lowest BCUT2D eigenvalue weighted by molar-refractivity contribution is -0.116. The van der Waals surface area contributed by atoms with Gasteiger partial charge in [-0.3, -0.25) is 9.59 Å². The number of carbonyl (C=O) groups is 1. The summed E-state index contributed by atoms with van der Waals surface area (Å²) in [5, 5.41) is 13.3. The first-order valence-electron chi connectivity index (χ1n) is 7.84. The van der Waals surface area contributed by atoms with Crippen molar-refractivity contribution in [1.82, 2.24) is 20.0 Å². The highest BCUT2D eigenvalue weighted by Gasteiger charge is 2.34. The first-order valence-corrected chi connectivity index (χ1v) is 7.84. The molecule has 0 saturated carbocycles. The summed E-state index contributed by atoms with van der Waals surface area (Å²) in [6.45, 7) is 1.73. The number of hydrogen-bond donors (Lipinski definition) is 2. The Morgan fingerprint density at radius 1 is 1.19 bits per heavy atom. The minimum atomic E-state index is -0.718. The molecule has 7 nitrogen and oxygen atoms in total. The van der Waals surface area contributed by atoms with Crippen molar-refractivity contribution in [3.05, 3.63) is 69.1 Å². The molecule has 3 heterocycles. The molecule has 0 radical (unpaired) electrons. The maximum Gasteiger partial charge on any atom is 0.264 e. The highest BCUT2D eigenvalue weighted by atomic mass is 19.1. The molecule has 0 saturated heterocycles. The molecular weight excluding hydrogens is 344 g/mol. The molecule has 1 aromatic carbocycles. The average molecular weight is 357 g/mol. The van der Waals surface area contributed by atoms with Crippen LogP contribution in [0.15, 0.2) is 35.1 Å². The Labute approximate surface area is 145 Å². The van der Waals surface area contributed by atoms with E-state index in [0.29, 0.717) is 22.9 Å². The van der Waals surface area contributed by atoms with Gasteiger partial charge < -0.3 is 5.32 Å². The van der Waals surface area contributed by atoms with Crippen molar-refractivity contribution in [3.63, 3.8) is 0 Å². The molecular formula is C17H13F2N5O2. The standard InChI is InChI=1S/C17H13F2N5O2/c1-8-16-11(10-3-2-9(18)6-12(10)19)7-15(26)20-17(16)24(23-8)13-4-5-14(25)22-21-13/h2-6,11H,7H2,1H3,(H,20,26)(H,22,25)/t11-/m0/s1. The predicted octanol–water partition coefficient (Wildman–Crippen LogP) is 2.02. The number of H-pyrrole nitrogens is 1. The molecule has 4 rings (SSSR count). The van der Waals surface area contributed by atoms with Crippen molar-refractivity contribution in [1.29, 1.82) is 0 Å². The van der Waals surface area contributed by atoms with Crippen LogP contribution in [0.4, 0.5) is 14.6 Å². The van der Waals surface area contributed by atoms with Gasteiger partial charge in [0.25, 0.3) is 5.56 Å². The molecule has 3 aromatic rings. The number of amides is 1. The van der Waals surface area contributed by atoms with Crippen molar-refractivity contribution in [2.24, 2.45) is 0 Å². The fourth-order valence-electron chi connectivity index (χ4n) is 3.22. The van der Waals surface area contributed by atoms with E-state index in [2.05, 4.69) is 20.6 Å². The quantitative estimate of drug-likeness (QED) is 0.734. The molecule has 0 spiro atoms. The number of aryl methyl sites for hydroxylation is 1. The Morgan fingerprint density at radius 2 is 2.00 bits per heavy atom. The Bertz CT molecular complexity index is 1070. The number of aromatic nitrogens is 4. The molecule has 0 unspecified atom stereocenters. The highest BCUT2D eigenvalue weighted by molar-refractivity contribution is 5.95. The summed E-state index contributed by atoms with van der Waals surface area (Å²) in [7, 11) is 0. The predicted molar refractivity (Wildman–Crippen MR) is 88.2 cm³/mol. The molecule has 0 aliphatic carbocycles. The van der Waals surface area contributed by atoms with Crippen LogP contribution in [-0.2, 0) is 4.79 Å². The van der Waals surface area contributed by atoms with Gasteiger partial charge in [-0.05, 0) is 24.6 Å². The van der Waals surface area contributed by atoms with Gasteiger partial charge in [0.1, 0.15) is 17.5 Å². The van der Waals surface area contributed by atoms with E-state index in [-0.39, 0.29) is 23.5 Å². The van der Waals surface area contributed by atoms with Crippen LogP contribution in [0.3, 0.4) is 0 Å². The van der Waals surface area contributed by atoms with Crippen molar-refractivity contribution >= 4 is 11.7 Å².